The zero-order valence-corrected chi connectivity index (χ0v) is 17.1. The van der Waals surface area contributed by atoms with Crippen molar-refractivity contribution in [2.45, 2.75) is 52.6 Å². The smallest absolute Gasteiger partial charge is 0.168 e. The third-order valence-corrected chi connectivity index (χ3v) is 5.33. The highest BCUT2D eigenvalue weighted by molar-refractivity contribution is 5.82. The predicted octanol–water partition coefficient (Wildman–Crippen LogP) is 4.96. The van der Waals surface area contributed by atoms with Gasteiger partial charge < -0.3 is 19.3 Å². The summed E-state index contributed by atoms with van der Waals surface area (Å²) in [5.74, 6) is 2.22. The molecule has 26 heavy (non-hydrogen) atoms. The maximum atomic E-state index is 10.8. The van der Waals surface area contributed by atoms with Gasteiger partial charge in [0.15, 0.2) is 11.5 Å². The molecular weight excluding hydrogens is 328 g/mol. The third kappa shape index (κ3) is 3.35. The Morgan fingerprint density at radius 3 is 2.23 bits per heavy atom. The van der Waals surface area contributed by atoms with Gasteiger partial charge in [0, 0.05) is 11.1 Å². The number of benzene rings is 1. The molecular formula is C22H32O4. The quantitative estimate of drug-likeness (QED) is 0.779. The SMILES string of the molecule is C=CC1=C(c2cc(OC)c(C(C)C)c(OC)c2OC)C(O)CCC1(C)C. The Morgan fingerprint density at radius 2 is 1.77 bits per heavy atom. The third-order valence-electron chi connectivity index (χ3n) is 5.33. The molecule has 4 nitrogen and oxygen atoms in total. The minimum Gasteiger partial charge on any atom is -0.496 e. The van der Waals surface area contributed by atoms with Crippen LogP contribution in [0, 0.1) is 5.41 Å². The van der Waals surface area contributed by atoms with E-state index in [0.717, 1.165) is 34.4 Å². The van der Waals surface area contributed by atoms with Gasteiger partial charge in [-0.15, -0.1) is 0 Å². The molecule has 0 amide bonds. The summed E-state index contributed by atoms with van der Waals surface area (Å²) in [6, 6.07) is 1.96. The number of aliphatic hydroxyl groups is 1. The molecule has 1 aliphatic rings. The van der Waals surface area contributed by atoms with Gasteiger partial charge in [-0.25, -0.2) is 0 Å². The maximum Gasteiger partial charge on any atom is 0.168 e. The van der Waals surface area contributed by atoms with Gasteiger partial charge in [-0.1, -0.05) is 40.3 Å². The largest absolute Gasteiger partial charge is 0.496 e. The Morgan fingerprint density at radius 1 is 1.15 bits per heavy atom. The molecule has 0 saturated heterocycles. The molecule has 1 atom stereocenters. The van der Waals surface area contributed by atoms with Crippen LogP contribution in [0.25, 0.3) is 5.57 Å². The van der Waals surface area contributed by atoms with Crippen molar-refractivity contribution in [3.63, 3.8) is 0 Å². The Balaban J connectivity index is 2.92. The van der Waals surface area contributed by atoms with Crippen molar-refractivity contribution < 1.29 is 19.3 Å². The van der Waals surface area contributed by atoms with Crippen LogP contribution in [0.2, 0.25) is 0 Å². The number of allylic oxidation sites excluding steroid dienone is 2. The molecule has 1 aromatic carbocycles. The molecule has 0 spiro atoms. The monoisotopic (exact) mass is 360 g/mol. The summed E-state index contributed by atoms with van der Waals surface area (Å²) in [4.78, 5) is 0. The van der Waals surface area contributed by atoms with Crippen LogP contribution in [0.1, 0.15) is 57.6 Å². The van der Waals surface area contributed by atoms with E-state index in [-0.39, 0.29) is 11.3 Å². The highest BCUT2D eigenvalue weighted by atomic mass is 16.5. The first-order valence-corrected chi connectivity index (χ1v) is 9.11. The average molecular weight is 360 g/mol. The molecule has 0 fully saturated rings. The number of hydrogen-bond donors (Lipinski definition) is 1. The zero-order valence-electron chi connectivity index (χ0n) is 17.1. The summed E-state index contributed by atoms with van der Waals surface area (Å²) in [6.45, 7) is 12.5. The van der Waals surface area contributed by atoms with Crippen LogP contribution >= 0.6 is 0 Å². The summed E-state index contributed by atoms with van der Waals surface area (Å²) in [7, 11) is 4.92. The molecule has 1 aromatic rings. The number of hydrogen-bond acceptors (Lipinski definition) is 4. The van der Waals surface area contributed by atoms with Crippen molar-refractivity contribution in [3.8, 4) is 17.2 Å². The summed E-state index contributed by atoms with van der Waals surface area (Å²) in [6.07, 6.45) is 2.87. The summed E-state index contributed by atoms with van der Waals surface area (Å²) < 4.78 is 17.2. The second-order valence-electron chi connectivity index (χ2n) is 7.73. The van der Waals surface area contributed by atoms with Crippen molar-refractivity contribution in [3.05, 3.63) is 35.4 Å². The van der Waals surface area contributed by atoms with Gasteiger partial charge >= 0.3 is 0 Å². The fourth-order valence-electron chi connectivity index (χ4n) is 3.98. The zero-order chi connectivity index (χ0) is 19.6. The highest BCUT2D eigenvalue weighted by Gasteiger charge is 2.36. The van der Waals surface area contributed by atoms with Gasteiger partial charge in [0.25, 0.3) is 0 Å². The minimum atomic E-state index is -0.579. The summed E-state index contributed by atoms with van der Waals surface area (Å²) in [5, 5.41) is 10.8. The van der Waals surface area contributed by atoms with Gasteiger partial charge in [-0.05, 0) is 41.4 Å². The minimum absolute atomic E-state index is 0.0709. The number of aliphatic hydroxyl groups excluding tert-OH is 1. The Kier molecular flexibility index (Phi) is 6.07. The molecule has 1 N–H and O–H groups in total. The Hall–Kier alpha value is -1.94. The molecule has 0 radical (unpaired) electrons. The molecule has 1 aliphatic carbocycles. The lowest BCUT2D eigenvalue weighted by Gasteiger charge is -2.37. The van der Waals surface area contributed by atoms with E-state index in [1.807, 2.05) is 12.1 Å². The second-order valence-corrected chi connectivity index (χ2v) is 7.73. The van der Waals surface area contributed by atoms with E-state index >= 15 is 0 Å². The van der Waals surface area contributed by atoms with Crippen LogP contribution in [-0.4, -0.2) is 32.5 Å². The topological polar surface area (TPSA) is 47.9 Å². The fraction of sp³-hybridized carbons (Fsp3) is 0.545. The second kappa shape index (κ2) is 7.75. The number of ether oxygens (including phenoxy) is 3. The number of rotatable bonds is 6. The van der Waals surface area contributed by atoms with Gasteiger partial charge in [0.05, 0.1) is 27.4 Å². The standard InChI is InChI=1S/C22H32O4/c1-9-15-19(16(23)10-11-22(15,4)5)14-12-17(24-6)18(13(2)3)21(26-8)20(14)25-7/h9,12-13,16,23H,1,10-11H2,2-8H3. The molecule has 0 bridgehead atoms. The Bertz CT molecular complexity index is 713. The van der Waals surface area contributed by atoms with Crippen molar-refractivity contribution >= 4 is 5.57 Å². The van der Waals surface area contributed by atoms with Crippen LogP contribution in [0.15, 0.2) is 24.3 Å². The molecule has 0 aromatic heterocycles. The first-order valence-electron chi connectivity index (χ1n) is 9.11. The molecule has 0 aliphatic heterocycles. The lowest BCUT2D eigenvalue weighted by Crippen LogP contribution is -2.27. The van der Waals surface area contributed by atoms with Crippen molar-refractivity contribution in [2.75, 3.05) is 21.3 Å². The van der Waals surface area contributed by atoms with E-state index in [2.05, 4.69) is 34.3 Å². The van der Waals surface area contributed by atoms with Crippen LogP contribution in [0.5, 0.6) is 17.2 Å². The normalized spacial score (nSPS) is 19.5. The van der Waals surface area contributed by atoms with E-state index in [9.17, 15) is 5.11 Å². The summed E-state index contributed by atoms with van der Waals surface area (Å²) in [5.41, 5.74) is 3.58. The number of methoxy groups -OCH3 is 3. The first-order chi connectivity index (χ1) is 12.2. The van der Waals surface area contributed by atoms with E-state index in [1.54, 1.807) is 21.3 Å². The van der Waals surface area contributed by atoms with Gasteiger partial charge in [0.2, 0.25) is 0 Å². The van der Waals surface area contributed by atoms with E-state index < -0.39 is 6.10 Å². The van der Waals surface area contributed by atoms with Crippen LogP contribution < -0.4 is 14.2 Å². The maximum absolute atomic E-state index is 10.8. The van der Waals surface area contributed by atoms with Crippen LogP contribution in [0.3, 0.4) is 0 Å². The Labute approximate surface area is 157 Å². The molecule has 1 unspecified atom stereocenters. The van der Waals surface area contributed by atoms with Gasteiger partial charge in [-0.3, -0.25) is 0 Å². The lowest BCUT2D eigenvalue weighted by molar-refractivity contribution is 0.186. The van der Waals surface area contributed by atoms with E-state index in [0.29, 0.717) is 17.9 Å². The van der Waals surface area contributed by atoms with Crippen molar-refractivity contribution in [1.82, 2.24) is 0 Å². The van der Waals surface area contributed by atoms with E-state index in [1.165, 1.54) is 0 Å². The van der Waals surface area contributed by atoms with Gasteiger partial charge in [-0.2, -0.15) is 0 Å². The van der Waals surface area contributed by atoms with E-state index in [4.69, 9.17) is 14.2 Å². The molecule has 0 heterocycles. The molecule has 2 rings (SSSR count). The van der Waals surface area contributed by atoms with Crippen molar-refractivity contribution in [2.24, 2.45) is 5.41 Å². The fourth-order valence-corrected chi connectivity index (χ4v) is 3.98. The van der Waals surface area contributed by atoms with Crippen LogP contribution in [0.4, 0.5) is 0 Å². The van der Waals surface area contributed by atoms with Crippen molar-refractivity contribution in [1.29, 1.82) is 0 Å². The lowest BCUT2D eigenvalue weighted by atomic mass is 9.69. The molecule has 144 valence electrons. The predicted molar refractivity (Wildman–Crippen MR) is 106 cm³/mol. The van der Waals surface area contributed by atoms with Gasteiger partial charge in [0.1, 0.15) is 5.75 Å². The average Bonchev–Trinajstić information content (AvgIpc) is 2.60. The highest BCUT2D eigenvalue weighted by Crippen LogP contribution is 2.51. The summed E-state index contributed by atoms with van der Waals surface area (Å²) >= 11 is 0. The molecule has 4 heteroatoms. The van der Waals surface area contributed by atoms with Crippen LogP contribution in [-0.2, 0) is 0 Å². The molecule has 0 saturated carbocycles. The first kappa shape index (κ1) is 20.4.